The summed E-state index contributed by atoms with van der Waals surface area (Å²) in [5.74, 6) is 0. The highest BCUT2D eigenvalue weighted by atomic mass is 19.1. The molecule has 1 unspecified atom stereocenters. The first-order chi connectivity index (χ1) is 6.31. The third-order valence-electron chi connectivity index (χ3n) is 2.07. The lowest BCUT2D eigenvalue weighted by molar-refractivity contribution is 0.437. The Bertz CT molecular complexity index is 410. The molecule has 3 heteroatoms. The Hall–Kier alpha value is -1.35. The molecule has 0 amide bonds. The van der Waals surface area contributed by atoms with Crippen LogP contribution in [0.1, 0.15) is 11.6 Å². The SMILES string of the molecule is NC(CF)c1ccc2occc2c1. The molecule has 0 aliphatic rings. The van der Waals surface area contributed by atoms with Gasteiger partial charge in [0.1, 0.15) is 12.3 Å². The van der Waals surface area contributed by atoms with E-state index >= 15 is 0 Å². The van der Waals surface area contributed by atoms with Crippen molar-refractivity contribution < 1.29 is 8.81 Å². The van der Waals surface area contributed by atoms with Gasteiger partial charge in [-0.3, -0.25) is 0 Å². The van der Waals surface area contributed by atoms with Crippen LogP contribution in [-0.4, -0.2) is 6.67 Å². The lowest BCUT2D eigenvalue weighted by atomic mass is 10.1. The Morgan fingerprint density at radius 2 is 2.23 bits per heavy atom. The maximum Gasteiger partial charge on any atom is 0.133 e. The lowest BCUT2D eigenvalue weighted by Gasteiger charge is -2.06. The van der Waals surface area contributed by atoms with E-state index in [2.05, 4.69) is 0 Å². The minimum atomic E-state index is -0.538. The summed E-state index contributed by atoms with van der Waals surface area (Å²) < 4.78 is 17.4. The molecule has 0 saturated carbocycles. The highest BCUT2D eigenvalue weighted by Crippen LogP contribution is 2.20. The van der Waals surface area contributed by atoms with Crippen LogP contribution in [0.3, 0.4) is 0 Å². The van der Waals surface area contributed by atoms with Crippen LogP contribution < -0.4 is 5.73 Å². The largest absolute Gasteiger partial charge is 0.464 e. The summed E-state index contributed by atoms with van der Waals surface area (Å²) in [7, 11) is 0. The summed E-state index contributed by atoms with van der Waals surface area (Å²) in [6.07, 6.45) is 1.61. The van der Waals surface area contributed by atoms with E-state index in [1.807, 2.05) is 12.1 Å². The molecule has 0 aliphatic heterocycles. The highest BCUT2D eigenvalue weighted by molar-refractivity contribution is 5.77. The molecule has 0 aliphatic carbocycles. The Morgan fingerprint density at radius 1 is 1.38 bits per heavy atom. The lowest BCUT2D eigenvalue weighted by Crippen LogP contribution is -2.11. The third kappa shape index (κ3) is 1.42. The standard InChI is InChI=1S/C10H10FNO/c11-6-9(12)7-1-2-10-8(5-7)3-4-13-10/h1-5,9H,6,12H2. The Labute approximate surface area is 75.1 Å². The Morgan fingerprint density at radius 3 is 3.00 bits per heavy atom. The van der Waals surface area contributed by atoms with E-state index in [1.165, 1.54) is 0 Å². The van der Waals surface area contributed by atoms with E-state index in [-0.39, 0.29) is 0 Å². The fraction of sp³-hybridized carbons (Fsp3) is 0.200. The van der Waals surface area contributed by atoms with Crippen molar-refractivity contribution in [1.29, 1.82) is 0 Å². The summed E-state index contributed by atoms with van der Waals surface area (Å²) in [5.41, 5.74) is 7.15. The molecule has 1 aromatic heterocycles. The van der Waals surface area contributed by atoms with Gasteiger partial charge >= 0.3 is 0 Å². The topological polar surface area (TPSA) is 39.2 Å². The average molecular weight is 179 g/mol. The monoisotopic (exact) mass is 179 g/mol. The molecule has 0 saturated heterocycles. The molecule has 2 aromatic rings. The van der Waals surface area contributed by atoms with Gasteiger partial charge in [0.2, 0.25) is 0 Å². The van der Waals surface area contributed by atoms with Crippen LogP contribution in [-0.2, 0) is 0 Å². The molecule has 2 rings (SSSR count). The number of furan rings is 1. The molecule has 0 spiro atoms. The molecule has 2 N–H and O–H groups in total. The van der Waals surface area contributed by atoms with Crippen molar-refractivity contribution in [2.24, 2.45) is 5.73 Å². The Kier molecular flexibility index (Phi) is 2.02. The fourth-order valence-electron chi connectivity index (χ4n) is 1.30. The summed E-state index contributed by atoms with van der Waals surface area (Å²) in [4.78, 5) is 0. The first-order valence-electron chi connectivity index (χ1n) is 4.10. The first-order valence-corrected chi connectivity index (χ1v) is 4.10. The van der Waals surface area contributed by atoms with E-state index in [4.69, 9.17) is 10.2 Å². The molecular weight excluding hydrogens is 169 g/mol. The van der Waals surface area contributed by atoms with Crippen molar-refractivity contribution in [3.63, 3.8) is 0 Å². The summed E-state index contributed by atoms with van der Waals surface area (Å²) in [5, 5.41) is 0.960. The number of hydrogen-bond donors (Lipinski definition) is 1. The van der Waals surface area contributed by atoms with Crippen LogP contribution in [0, 0.1) is 0 Å². The van der Waals surface area contributed by atoms with Gasteiger partial charge in [0.15, 0.2) is 0 Å². The van der Waals surface area contributed by atoms with E-state index in [9.17, 15) is 4.39 Å². The van der Waals surface area contributed by atoms with Gasteiger partial charge in [-0.2, -0.15) is 0 Å². The number of benzene rings is 1. The van der Waals surface area contributed by atoms with Gasteiger partial charge < -0.3 is 10.2 Å². The first kappa shape index (κ1) is 8.26. The van der Waals surface area contributed by atoms with Gasteiger partial charge in [0, 0.05) is 5.39 Å². The average Bonchev–Trinajstić information content (AvgIpc) is 2.63. The normalized spacial score (nSPS) is 13.4. The zero-order valence-corrected chi connectivity index (χ0v) is 7.03. The van der Waals surface area contributed by atoms with E-state index in [1.54, 1.807) is 18.4 Å². The molecular formula is C10H10FNO. The maximum atomic E-state index is 12.2. The van der Waals surface area contributed by atoms with Crippen molar-refractivity contribution >= 4 is 11.0 Å². The van der Waals surface area contributed by atoms with E-state index in [0.29, 0.717) is 0 Å². The van der Waals surface area contributed by atoms with Crippen LogP contribution in [0.15, 0.2) is 34.9 Å². The zero-order chi connectivity index (χ0) is 9.26. The predicted octanol–water partition coefficient (Wildman–Crippen LogP) is 2.40. The minimum Gasteiger partial charge on any atom is -0.464 e. The number of alkyl halides is 1. The number of nitrogens with two attached hydrogens (primary N) is 1. The van der Waals surface area contributed by atoms with Crippen molar-refractivity contribution in [3.05, 3.63) is 36.1 Å². The molecule has 0 radical (unpaired) electrons. The van der Waals surface area contributed by atoms with Crippen LogP contribution in [0.2, 0.25) is 0 Å². The molecule has 1 atom stereocenters. The van der Waals surface area contributed by atoms with Crippen LogP contribution in [0.4, 0.5) is 4.39 Å². The minimum absolute atomic E-state index is 0.528. The number of halogens is 1. The van der Waals surface area contributed by atoms with Crippen molar-refractivity contribution in [2.45, 2.75) is 6.04 Å². The second-order valence-corrected chi connectivity index (χ2v) is 2.98. The van der Waals surface area contributed by atoms with Gasteiger partial charge in [-0.25, -0.2) is 4.39 Å². The number of rotatable bonds is 2. The van der Waals surface area contributed by atoms with Gasteiger partial charge in [0.25, 0.3) is 0 Å². The number of hydrogen-bond acceptors (Lipinski definition) is 2. The van der Waals surface area contributed by atoms with Gasteiger partial charge in [-0.1, -0.05) is 6.07 Å². The summed E-state index contributed by atoms with van der Waals surface area (Å²) >= 11 is 0. The summed E-state index contributed by atoms with van der Waals surface area (Å²) in [6, 6.07) is 6.75. The van der Waals surface area contributed by atoms with E-state index in [0.717, 1.165) is 16.5 Å². The molecule has 13 heavy (non-hydrogen) atoms. The quantitative estimate of drug-likeness (QED) is 0.768. The second kappa shape index (κ2) is 3.18. The molecule has 0 bridgehead atoms. The third-order valence-corrected chi connectivity index (χ3v) is 2.07. The molecule has 0 fully saturated rings. The van der Waals surface area contributed by atoms with Crippen molar-refractivity contribution in [3.8, 4) is 0 Å². The fourth-order valence-corrected chi connectivity index (χ4v) is 1.30. The van der Waals surface area contributed by atoms with Crippen LogP contribution in [0.5, 0.6) is 0 Å². The van der Waals surface area contributed by atoms with Crippen molar-refractivity contribution in [2.75, 3.05) is 6.67 Å². The van der Waals surface area contributed by atoms with E-state index < -0.39 is 12.7 Å². The predicted molar refractivity (Wildman–Crippen MR) is 49.1 cm³/mol. The maximum absolute atomic E-state index is 12.2. The molecule has 1 aromatic carbocycles. The zero-order valence-electron chi connectivity index (χ0n) is 7.03. The number of fused-ring (bicyclic) bond motifs is 1. The summed E-state index contributed by atoms with van der Waals surface area (Å²) in [6.45, 7) is -0.538. The van der Waals surface area contributed by atoms with Crippen molar-refractivity contribution in [1.82, 2.24) is 0 Å². The van der Waals surface area contributed by atoms with Gasteiger partial charge in [0.05, 0.1) is 12.3 Å². The molecule has 68 valence electrons. The molecule has 1 heterocycles. The highest BCUT2D eigenvalue weighted by Gasteiger charge is 2.06. The second-order valence-electron chi connectivity index (χ2n) is 2.98. The Balaban J connectivity index is 2.48. The van der Waals surface area contributed by atoms with Crippen LogP contribution in [0.25, 0.3) is 11.0 Å². The van der Waals surface area contributed by atoms with Crippen LogP contribution >= 0.6 is 0 Å². The molecule has 2 nitrogen and oxygen atoms in total. The van der Waals surface area contributed by atoms with Gasteiger partial charge in [-0.05, 0) is 23.8 Å². The van der Waals surface area contributed by atoms with Gasteiger partial charge in [-0.15, -0.1) is 0 Å². The smallest absolute Gasteiger partial charge is 0.133 e.